The maximum absolute atomic E-state index is 13.2. The van der Waals surface area contributed by atoms with E-state index in [1.165, 1.54) is 0 Å². The first kappa shape index (κ1) is 23.8. The molecule has 6 aliphatic carbocycles. The molecule has 194 valence electrons. The van der Waals surface area contributed by atoms with Crippen molar-refractivity contribution in [1.82, 2.24) is 0 Å². The molecule has 6 bridgehead atoms. The van der Waals surface area contributed by atoms with Crippen LogP contribution in [-0.4, -0.2) is 46.0 Å². The van der Waals surface area contributed by atoms with Crippen LogP contribution in [0.2, 0.25) is 0 Å². The highest BCUT2D eigenvalue weighted by atomic mass is 16.6. The molecule has 0 saturated heterocycles. The third-order valence-electron chi connectivity index (χ3n) is 9.44. The second kappa shape index (κ2) is 8.49. The van der Waals surface area contributed by atoms with Crippen molar-refractivity contribution in [3.63, 3.8) is 0 Å². The third kappa shape index (κ3) is 3.59. The molecule has 10 heteroatoms. The average molecular weight is 510 g/mol. The number of rotatable bonds is 6. The van der Waals surface area contributed by atoms with Crippen LogP contribution in [-0.2, 0) is 38.2 Å². The molecule has 0 aromatic heterocycles. The summed E-state index contributed by atoms with van der Waals surface area (Å²) in [6.45, 7) is 0. The molecule has 0 heterocycles. The zero-order chi connectivity index (χ0) is 26.2. The lowest BCUT2D eigenvalue weighted by molar-refractivity contribution is -0.177. The zero-order valence-corrected chi connectivity index (χ0v) is 19.7. The molecule has 6 aliphatic rings. The monoisotopic (exact) mass is 510 g/mol. The van der Waals surface area contributed by atoms with Crippen LogP contribution in [0.1, 0.15) is 19.3 Å². The molecule has 3 fully saturated rings. The second-order valence-corrected chi connectivity index (χ2v) is 11.2. The van der Waals surface area contributed by atoms with E-state index in [4.69, 9.17) is 9.47 Å². The van der Waals surface area contributed by atoms with Gasteiger partial charge >= 0.3 is 35.8 Å². The zero-order valence-electron chi connectivity index (χ0n) is 19.7. The van der Waals surface area contributed by atoms with Crippen LogP contribution in [0.25, 0.3) is 0 Å². The molecule has 0 spiro atoms. The fourth-order valence-corrected chi connectivity index (χ4v) is 7.90. The molecule has 3 saturated carbocycles. The number of carboxylic acid groups (broad SMARTS) is 2. The molecule has 37 heavy (non-hydrogen) atoms. The molecule has 0 aromatic carbocycles. The Hall–Kier alpha value is -3.56. The highest BCUT2D eigenvalue weighted by Crippen LogP contribution is 2.52. The highest BCUT2D eigenvalue weighted by Gasteiger charge is 2.58. The standard InChI is InChI=1S/C27H26O10/c28-22(29)16-10-1-3-12(7-10)18(16)24(32)36-26(34)20-14-5-6-15(9-14)21(20)27(35)37-25(33)19-13-4-2-11(8-13)17(19)23(30)31/h1-6,10-21H,7-9H2,(H,28,29)(H,30,31). The number of carboxylic acids is 2. The maximum Gasteiger partial charge on any atom is 0.318 e. The minimum atomic E-state index is -1.12. The van der Waals surface area contributed by atoms with E-state index in [0.717, 1.165) is 0 Å². The van der Waals surface area contributed by atoms with Gasteiger partial charge in [0.2, 0.25) is 0 Å². The summed E-state index contributed by atoms with van der Waals surface area (Å²) < 4.78 is 10.4. The van der Waals surface area contributed by atoms with Gasteiger partial charge in [0.1, 0.15) is 0 Å². The lowest BCUT2D eigenvalue weighted by Gasteiger charge is -2.27. The van der Waals surface area contributed by atoms with E-state index in [9.17, 15) is 39.0 Å². The van der Waals surface area contributed by atoms with E-state index >= 15 is 0 Å². The van der Waals surface area contributed by atoms with Gasteiger partial charge in [0.05, 0.1) is 35.5 Å². The van der Waals surface area contributed by atoms with Gasteiger partial charge in [-0.25, -0.2) is 0 Å². The SMILES string of the molecule is O=C(O)C1C2C=CC(C2)C1C(=O)OC(=O)C1C2C=CC(C2)C1C(=O)OC(=O)C1C2C=CC(C2)C1C(=O)O. The van der Waals surface area contributed by atoms with Gasteiger partial charge in [-0.1, -0.05) is 36.5 Å². The van der Waals surface area contributed by atoms with E-state index in [-0.39, 0.29) is 35.5 Å². The predicted octanol–water partition coefficient (Wildman–Crippen LogP) is 1.61. The van der Waals surface area contributed by atoms with Gasteiger partial charge in [0.25, 0.3) is 0 Å². The van der Waals surface area contributed by atoms with Gasteiger partial charge in [-0.2, -0.15) is 0 Å². The van der Waals surface area contributed by atoms with Gasteiger partial charge in [-0.05, 0) is 54.8 Å². The van der Waals surface area contributed by atoms with Crippen molar-refractivity contribution < 1.29 is 48.5 Å². The quantitative estimate of drug-likeness (QED) is 0.305. The number of ether oxygens (including phenoxy) is 2. The van der Waals surface area contributed by atoms with E-state index < -0.39 is 71.3 Å². The molecule has 0 aliphatic heterocycles. The van der Waals surface area contributed by atoms with Crippen molar-refractivity contribution in [3.05, 3.63) is 36.5 Å². The first-order valence-corrected chi connectivity index (χ1v) is 12.7. The number of aliphatic carboxylic acids is 2. The van der Waals surface area contributed by atoms with Crippen molar-refractivity contribution in [2.24, 2.45) is 71.0 Å². The third-order valence-corrected chi connectivity index (χ3v) is 9.44. The summed E-state index contributed by atoms with van der Waals surface area (Å²) in [4.78, 5) is 75.7. The minimum Gasteiger partial charge on any atom is -0.481 e. The normalized spacial score (nSPS) is 43.4. The number of hydrogen-bond donors (Lipinski definition) is 2. The van der Waals surface area contributed by atoms with Gasteiger partial charge in [0.15, 0.2) is 0 Å². The molecule has 0 radical (unpaired) electrons. The maximum atomic E-state index is 13.2. The molecule has 0 aromatic rings. The predicted molar refractivity (Wildman–Crippen MR) is 121 cm³/mol. The van der Waals surface area contributed by atoms with Gasteiger partial charge in [-0.3, -0.25) is 28.8 Å². The van der Waals surface area contributed by atoms with Crippen LogP contribution < -0.4 is 0 Å². The number of allylic oxidation sites excluding steroid dienone is 6. The van der Waals surface area contributed by atoms with Crippen molar-refractivity contribution in [3.8, 4) is 0 Å². The molecule has 12 unspecified atom stereocenters. The van der Waals surface area contributed by atoms with Crippen LogP contribution in [0.5, 0.6) is 0 Å². The Kier molecular flexibility index (Phi) is 5.47. The molecule has 0 amide bonds. The van der Waals surface area contributed by atoms with Crippen molar-refractivity contribution in [2.75, 3.05) is 0 Å². The Morgan fingerprint density at radius 2 is 0.649 bits per heavy atom. The Bertz CT molecular complexity index is 1110. The number of hydrogen-bond acceptors (Lipinski definition) is 8. The summed E-state index contributed by atoms with van der Waals surface area (Å²) in [5, 5.41) is 19.2. The van der Waals surface area contributed by atoms with Crippen molar-refractivity contribution in [2.45, 2.75) is 19.3 Å². The summed E-state index contributed by atoms with van der Waals surface area (Å²) in [5.41, 5.74) is 0. The summed E-state index contributed by atoms with van der Waals surface area (Å²) in [6, 6.07) is 0. The molecule has 2 N–H and O–H groups in total. The van der Waals surface area contributed by atoms with Gasteiger partial charge in [-0.15, -0.1) is 0 Å². The Morgan fingerprint density at radius 1 is 0.432 bits per heavy atom. The first-order chi connectivity index (χ1) is 17.7. The topological polar surface area (TPSA) is 161 Å². The second-order valence-electron chi connectivity index (χ2n) is 11.2. The number of carbonyl (C=O) groups excluding carboxylic acids is 4. The molecular weight excluding hydrogens is 484 g/mol. The summed E-state index contributed by atoms with van der Waals surface area (Å²) in [5.74, 6) is -13.9. The summed E-state index contributed by atoms with van der Waals surface area (Å²) >= 11 is 0. The largest absolute Gasteiger partial charge is 0.481 e. The molecular formula is C27H26O10. The van der Waals surface area contributed by atoms with Gasteiger partial charge < -0.3 is 19.7 Å². The molecule has 12 atom stereocenters. The average Bonchev–Trinajstić information content (AvgIpc) is 3.69. The number of carbonyl (C=O) groups is 6. The smallest absolute Gasteiger partial charge is 0.318 e. The van der Waals surface area contributed by atoms with E-state index in [1.54, 1.807) is 36.5 Å². The minimum absolute atomic E-state index is 0.287. The first-order valence-electron chi connectivity index (χ1n) is 12.7. The van der Waals surface area contributed by atoms with E-state index in [0.29, 0.717) is 19.3 Å². The van der Waals surface area contributed by atoms with Crippen LogP contribution in [0.3, 0.4) is 0 Å². The highest BCUT2D eigenvalue weighted by molar-refractivity contribution is 5.96. The Balaban J connectivity index is 1.16. The van der Waals surface area contributed by atoms with Gasteiger partial charge in [0, 0.05) is 0 Å². The fourth-order valence-electron chi connectivity index (χ4n) is 7.90. The molecule has 6 rings (SSSR count). The Morgan fingerprint density at radius 3 is 0.892 bits per heavy atom. The van der Waals surface area contributed by atoms with Crippen LogP contribution >= 0.6 is 0 Å². The summed E-state index contributed by atoms with van der Waals surface area (Å²) in [6.07, 6.45) is 12.1. The fraction of sp³-hybridized carbons (Fsp3) is 0.556. The number of fused-ring (bicyclic) bond motifs is 6. The van der Waals surface area contributed by atoms with E-state index in [1.807, 2.05) is 0 Å². The van der Waals surface area contributed by atoms with Crippen LogP contribution in [0.15, 0.2) is 36.5 Å². The molecule has 10 nitrogen and oxygen atoms in total. The number of esters is 4. The lowest BCUT2D eigenvalue weighted by atomic mass is 9.81. The van der Waals surface area contributed by atoms with Crippen LogP contribution in [0.4, 0.5) is 0 Å². The van der Waals surface area contributed by atoms with E-state index in [2.05, 4.69) is 0 Å². The lowest BCUT2D eigenvalue weighted by Crippen LogP contribution is -2.41. The van der Waals surface area contributed by atoms with Crippen LogP contribution in [0, 0.1) is 71.0 Å². The van der Waals surface area contributed by atoms with Crippen molar-refractivity contribution in [1.29, 1.82) is 0 Å². The Labute approximate surface area is 211 Å². The van der Waals surface area contributed by atoms with Crippen molar-refractivity contribution >= 4 is 35.8 Å². The summed E-state index contributed by atoms with van der Waals surface area (Å²) in [7, 11) is 0.